The lowest BCUT2D eigenvalue weighted by Gasteiger charge is -2.13. The van der Waals surface area contributed by atoms with Gasteiger partial charge in [-0.25, -0.2) is 0 Å². The van der Waals surface area contributed by atoms with Gasteiger partial charge < -0.3 is 10.7 Å². The molecule has 0 fully saturated rings. The van der Waals surface area contributed by atoms with E-state index in [1.165, 1.54) is 19.1 Å². The number of non-ortho nitro benzene ring substituents is 1. The van der Waals surface area contributed by atoms with Crippen LogP contribution in [0.25, 0.3) is 0 Å². The molecule has 0 aliphatic carbocycles. The molecule has 0 aliphatic heterocycles. The highest BCUT2D eigenvalue weighted by Crippen LogP contribution is 2.13. The van der Waals surface area contributed by atoms with Crippen LogP contribution in [-0.2, 0) is 4.79 Å². The summed E-state index contributed by atoms with van der Waals surface area (Å²) in [5, 5.41) is 21.0. The zero-order valence-electron chi connectivity index (χ0n) is 10.3. The Balaban J connectivity index is 2.67. The molecular formula is C12H15N3O3. The number of carbonyl (C=O) groups excluding carboxylic acids is 1. The normalized spacial score (nSPS) is 11.7. The fraction of sp³-hybridized carbons (Fsp3) is 0.333. The number of rotatable bonds is 5. The Morgan fingerprint density at radius 1 is 1.44 bits per heavy atom. The molecule has 0 bridgehead atoms. The quantitative estimate of drug-likeness (QED) is 0.473. The number of carbonyl (C=O) groups is 1. The molecule has 6 heteroatoms. The van der Waals surface area contributed by atoms with E-state index < -0.39 is 4.92 Å². The zero-order valence-corrected chi connectivity index (χ0v) is 10.3. The van der Waals surface area contributed by atoms with Gasteiger partial charge in [0.1, 0.15) is 0 Å². The van der Waals surface area contributed by atoms with Gasteiger partial charge in [-0.15, -0.1) is 0 Å². The van der Waals surface area contributed by atoms with Gasteiger partial charge in [-0.3, -0.25) is 14.9 Å². The van der Waals surface area contributed by atoms with E-state index in [1.54, 1.807) is 19.1 Å². The highest BCUT2D eigenvalue weighted by molar-refractivity contribution is 5.98. The molecule has 18 heavy (non-hydrogen) atoms. The van der Waals surface area contributed by atoms with Crippen LogP contribution in [0.2, 0.25) is 0 Å². The second-order valence-corrected chi connectivity index (χ2v) is 4.09. The summed E-state index contributed by atoms with van der Waals surface area (Å²) in [5.41, 5.74) is 0.963. The van der Waals surface area contributed by atoms with Crippen molar-refractivity contribution in [2.24, 2.45) is 0 Å². The molecule has 0 aromatic heterocycles. The van der Waals surface area contributed by atoms with Crippen molar-refractivity contribution in [1.82, 2.24) is 5.32 Å². The summed E-state index contributed by atoms with van der Waals surface area (Å²) in [5.74, 6) is -0.140. The predicted molar refractivity (Wildman–Crippen MR) is 67.8 cm³/mol. The standard InChI is InChI=1S/C12H15N3O3/c1-8(14-9(2)16)7-12(13)10-3-5-11(6-4-10)15(17)18/h3-6,8,13H,7H2,1-2H3,(H,14,16)/t8-/m0/s1. The molecule has 1 amide bonds. The minimum atomic E-state index is -0.479. The molecule has 0 saturated heterocycles. The molecule has 0 radical (unpaired) electrons. The highest BCUT2D eigenvalue weighted by Gasteiger charge is 2.10. The van der Waals surface area contributed by atoms with Crippen LogP contribution in [-0.4, -0.2) is 22.6 Å². The van der Waals surface area contributed by atoms with Crippen molar-refractivity contribution < 1.29 is 9.72 Å². The van der Waals surface area contributed by atoms with Crippen LogP contribution in [0.15, 0.2) is 24.3 Å². The molecule has 6 nitrogen and oxygen atoms in total. The molecule has 96 valence electrons. The maximum Gasteiger partial charge on any atom is 0.269 e. The van der Waals surface area contributed by atoms with Gasteiger partial charge in [-0.1, -0.05) is 0 Å². The molecule has 1 rings (SSSR count). The average molecular weight is 249 g/mol. The number of hydrogen-bond donors (Lipinski definition) is 2. The molecule has 0 heterocycles. The van der Waals surface area contributed by atoms with Gasteiger partial charge in [0.2, 0.25) is 5.91 Å². The van der Waals surface area contributed by atoms with Crippen molar-refractivity contribution in [3.63, 3.8) is 0 Å². The highest BCUT2D eigenvalue weighted by atomic mass is 16.6. The molecule has 2 N–H and O–H groups in total. The largest absolute Gasteiger partial charge is 0.354 e. The van der Waals surface area contributed by atoms with Gasteiger partial charge in [-0.2, -0.15) is 0 Å². The van der Waals surface area contributed by atoms with E-state index in [4.69, 9.17) is 5.41 Å². The Hall–Kier alpha value is -2.24. The van der Waals surface area contributed by atoms with Crippen molar-refractivity contribution in [3.05, 3.63) is 39.9 Å². The third-order valence-electron chi connectivity index (χ3n) is 2.39. The molecule has 1 aromatic carbocycles. The lowest BCUT2D eigenvalue weighted by molar-refractivity contribution is -0.384. The SMILES string of the molecule is CC(=O)N[C@@H](C)CC(=N)c1ccc([N+](=O)[O-])cc1. The minimum absolute atomic E-state index is 0.00135. The fourth-order valence-electron chi connectivity index (χ4n) is 1.61. The monoisotopic (exact) mass is 249 g/mol. The molecule has 0 unspecified atom stereocenters. The lowest BCUT2D eigenvalue weighted by Crippen LogP contribution is -2.32. The number of hydrogen-bond acceptors (Lipinski definition) is 4. The smallest absolute Gasteiger partial charge is 0.269 e. The van der Waals surface area contributed by atoms with Crippen LogP contribution in [0.3, 0.4) is 0 Å². The molecule has 0 spiro atoms. The molecule has 1 atom stereocenters. The number of nitro benzene ring substituents is 1. The third kappa shape index (κ3) is 3.97. The Morgan fingerprint density at radius 2 is 2.00 bits per heavy atom. The van der Waals surface area contributed by atoms with E-state index in [2.05, 4.69) is 5.32 Å². The second kappa shape index (κ2) is 5.90. The van der Waals surface area contributed by atoms with E-state index in [0.29, 0.717) is 17.7 Å². The predicted octanol–water partition coefficient (Wildman–Crippen LogP) is 1.88. The number of benzene rings is 1. The summed E-state index contributed by atoms with van der Waals surface area (Å²) in [6.07, 6.45) is 0.386. The maximum absolute atomic E-state index is 10.8. The Kier molecular flexibility index (Phi) is 4.53. The fourth-order valence-corrected chi connectivity index (χ4v) is 1.61. The van der Waals surface area contributed by atoms with Crippen LogP contribution in [0.1, 0.15) is 25.8 Å². The van der Waals surface area contributed by atoms with Crippen molar-refractivity contribution in [3.8, 4) is 0 Å². The summed E-state index contributed by atoms with van der Waals surface area (Å²) in [7, 11) is 0. The van der Waals surface area contributed by atoms with E-state index in [9.17, 15) is 14.9 Å². The third-order valence-corrected chi connectivity index (χ3v) is 2.39. The van der Waals surface area contributed by atoms with Crippen LogP contribution >= 0.6 is 0 Å². The first-order chi connectivity index (χ1) is 8.40. The van der Waals surface area contributed by atoms with Crippen molar-refractivity contribution in [2.45, 2.75) is 26.3 Å². The first-order valence-electron chi connectivity index (χ1n) is 5.49. The van der Waals surface area contributed by atoms with Gasteiger partial charge in [0.05, 0.1) is 4.92 Å². The number of amides is 1. The van der Waals surface area contributed by atoms with Crippen LogP contribution < -0.4 is 5.32 Å². The van der Waals surface area contributed by atoms with Crippen LogP contribution in [0.5, 0.6) is 0 Å². The first kappa shape index (κ1) is 13.8. The topological polar surface area (TPSA) is 96.1 Å². The summed E-state index contributed by atoms with van der Waals surface area (Å²) < 4.78 is 0. The molecule has 0 saturated carbocycles. The van der Waals surface area contributed by atoms with E-state index in [0.717, 1.165) is 0 Å². The molecule has 1 aromatic rings. The zero-order chi connectivity index (χ0) is 13.7. The van der Waals surface area contributed by atoms with E-state index in [-0.39, 0.29) is 17.6 Å². The Bertz CT molecular complexity index is 468. The number of nitrogens with zero attached hydrogens (tertiary/aromatic N) is 1. The van der Waals surface area contributed by atoms with Gasteiger partial charge in [0.25, 0.3) is 5.69 Å². The van der Waals surface area contributed by atoms with E-state index in [1.807, 2.05) is 0 Å². The summed E-state index contributed by atoms with van der Waals surface area (Å²) in [6, 6.07) is 5.69. The van der Waals surface area contributed by atoms with Gasteiger partial charge in [-0.05, 0) is 24.6 Å². The molecule has 0 aliphatic rings. The lowest BCUT2D eigenvalue weighted by atomic mass is 10.0. The summed E-state index contributed by atoms with van der Waals surface area (Å²) in [4.78, 5) is 20.8. The van der Waals surface area contributed by atoms with Crippen molar-refractivity contribution in [2.75, 3.05) is 0 Å². The van der Waals surface area contributed by atoms with Crippen molar-refractivity contribution >= 4 is 17.3 Å². The van der Waals surface area contributed by atoms with Gasteiger partial charge in [0.15, 0.2) is 0 Å². The maximum atomic E-state index is 10.8. The van der Waals surface area contributed by atoms with Crippen LogP contribution in [0.4, 0.5) is 5.69 Å². The Labute approximate surface area is 105 Å². The Morgan fingerprint density at radius 3 is 2.44 bits per heavy atom. The number of nitro groups is 1. The molecular weight excluding hydrogens is 234 g/mol. The second-order valence-electron chi connectivity index (χ2n) is 4.09. The van der Waals surface area contributed by atoms with Gasteiger partial charge >= 0.3 is 0 Å². The average Bonchev–Trinajstić information content (AvgIpc) is 2.27. The van der Waals surface area contributed by atoms with Crippen LogP contribution in [0, 0.1) is 15.5 Å². The summed E-state index contributed by atoms with van der Waals surface area (Å²) in [6.45, 7) is 3.23. The number of nitrogens with one attached hydrogen (secondary N) is 2. The first-order valence-corrected chi connectivity index (χ1v) is 5.49. The van der Waals surface area contributed by atoms with E-state index >= 15 is 0 Å². The summed E-state index contributed by atoms with van der Waals surface area (Å²) >= 11 is 0. The van der Waals surface area contributed by atoms with Crippen molar-refractivity contribution in [1.29, 1.82) is 5.41 Å². The van der Waals surface area contributed by atoms with Gasteiger partial charge in [0, 0.05) is 37.2 Å². The minimum Gasteiger partial charge on any atom is -0.354 e.